The number of hydrogen-bond acceptors (Lipinski definition) is 11. The summed E-state index contributed by atoms with van der Waals surface area (Å²) in [6, 6.07) is 55.8. The van der Waals surface area contributed by atoms with Crippen LogP contribution in [-0.4, -0.2) is 79.1 Å². The summed E-state index contributed by atoms with van der Waals surface area (Å²) in [6.07, 6.45) is 3.70. The Kier molecular flexibility index (Phi) is 26.3. The zero-order valence-corrected chi connectivity index (χ0v) is 47.6. The first-order chi connectivity index (χ1) is 39.9. The van der Waals surface area contributed by atoms with E-state index in [2.05, 4.69) is 65.7 Å². The van der Waals surface area contributed by atoms with Gasteiger partial charge in [-0.05, 0) is 78.4 Å². The van der Waals surface area contributed by atoms with Crippen LogP contribution < -0.4 is 0 Å². The van der Waals surface area contributed by atoms with Gasteiger partial charge in [0.2, 0.25) is 0 Å². The predicted octanol–water partition coefficient (Wildman–Crippen LogP) is 13.7. The minimum Gasteiger partial charge on any atom is -0.748 e. The molecule has 0 atom stereocenters. The molecule has 0 fully saturated rings. The summed E-state index contributed by atoms with van der Waals surface area (Å²) in [7, 11) is 6.08. The first-order valence-corrected chi connectivity index (χ1v) is 24.2. The Hall–Kier alpha value is -7.22. The number of fused-ring (bicyclic) bond motifs is 6. The monoisotopic (exact) mass is 1430 g/mol. The minimum absolute atomic E-state index is 0. The minimum atomic E-state index is -3.92. The molecule has 0 amide bonds. The van der Waals surface area contributed by atoms with Gasteiger partial charge in [0, 0.05) is 123 Å². The molecule has 12 rings (SSSR count). The van der Waals surface area contributed by atoms with E-state index in [-0.39, 0.29) is 115 Å². The van der Waals surface area contributed by atoms with Crippen LogP contribution in [0.2, 0.25) is 0 Å². The molecule has 2 N–H and O–H groups in total. The molecule has 0 unspecified atom stereocenters. The van der Waals surface area contributed by atoms with Crippen molar-refractivity contribution in [2.75, 3.05) is 20.5 Å². The molecule has 11 nitrogen and oxygen atoms in total. The smallest absolute Gasteiger partial charge is 0.144 e. The number of rotatable bonds is 4. The molecule has 6 aromatic carbocycles. The van der Waals surface area contributed by atoms with E-state index in [0.717, 1.165) is 63.9 Å². The molecule has 79 heavy (non-hydrogen) atoms. The Bertz CT molecular complexity index is 3920. The normalized spacial score (nSPS) is 11.0. The summed E-state index contributed by atoms with van der Waals surface area (Å²) in [5.74, 6) is 0. The van der Waals surface area contributed by atoms with Gasteiger partial charge in [0.1, 0.15) is 16.7 Å². The fourth-order valence-electron chi connectivity index (χ4n) is 6.87. The maximum Gasteiger partial charge on any atom is 0.144 e. The van der Waals surface area contributed by atoms with Gasteiger partial charge in [-0.15, -0.1) is 90.0 Å². The summed E-state index contributed by atoms with van der Waals surface area (Å²) < 4.78 is 101. The van der Waals surface area contributed by atoms with E-state index in [9.17, 15) is 0 Å². The van der Waals surface area contributed by atoms with Crippen molar-refractivity contribution in [3.05, 3.63) is 242 Å². The van der Waals surface area contributed by atoms with E-state index in [0.29, 0.717) is 34.1 Å². The molecule has 408 valence electrons. The molecule has 0 bridgehead atoms. The Morgan fingerprint density at radius 2 is 0.937 bits per heavy atom. The van der Waals surface area contributed by atoms with Gasteiger partial charge >= 0.3 is 0 Å². The molecule has 0 saturated carbocycles. The van der Waals surface area contributed by atoms with Crippen molar-refractivity contribution < 1.29 is 83.2 Å². The second-order valence-corrected chi connectivity index (χ2v) is 16.5. The number of aliphatic hydroxyl groups excluding tert-OH is 2. The van der Waals surface area contributed by atoms with Crippen LogP contribution in [0, 0.1) is 32.0 Å². The fraction of sp³-hybridized carbons (Fsp3) is 0.111. The van der Waals surface area contributed by atoms with Crippen LogP contribution in [-0.2, 0) is 50.3 Å². The number of aliphatic hydroxyl groups is 2. The van der Waals surface area contributed by atoms with Crippen molar-refractivity contribution in [1.29, 1.82) is 0 Å². The number of furan rings is 2. The molecule has 0 aliphatic rings. The van der Waals surface area contributed by atoms with Gasteiger partial charge in [-0.3, -0.25) is 4.98 Å². The second-order valence-electron chi connectivity index (χ2n) is 15.1. The maximum atomic E-state index is 9.08. The van der Waals surface area contributed by atoms with E-state index in [1.807, 2.05) is 154 Å². The molecule has 6 heterocycles. The summed E-state index contributed by atoms with van der Waals surface area (Å²) in [6.45, 7) is 4.07. The van der Waals surface area contributed by atoms with Crippen LogP contribution in [0.1, 0.15) is 36.9 Å². The molecule has 0 aliphatic carbocycles. The third-order valence-corrected chi connectivity index (χ3v) is 9.96. The van der Waals surface area contributed by atoms with Gasteiger partial charge in [0.05, 0.1) is 32.4 Å². The molecule has 0 saturated heterocycles. The van der Waals surface area contributed by atoms with Crippen molar-refractivity contribution in [2.24, 2.45) is 0 Å². The molecular formula is C63H60B2Ir2N4O7S-4. The molecule has 6 aromatic heterocycles. The first-order valence-electron chi connectivity index (χ1n) is 26.4. The van der Waals surface area contributed by atoms with Gasteiger partial charge in [-0.2, -0.15) is 0 Å². The summed E-state index contributed by atoms with van der Waals surface area (Å²) in [5, 5.41) is 17.7. The van der Waals surface area contributed by atoms with Crippen LogP contribution in [0.15, 0.2) is 221 Å². The van der Waals surface area contributed by atoms with Crippen LogP contribution in [0.3, 0.4) is 0 Å². The number of hydrogen-bond donors (Lipinski definition) is 2. The van der Waals surface area contributed by atoms with Gasteiger partial charge in [-0.25, -0.2) is 8.42 Å². The predicted molar refractivity (Wildman–Crippen MR) is 316 cm³/mol. The molecule has 12 aromatic rings. The number of pyridine rings is 4. The number of para-hydroxylation sites is 3. The summed E-state index contributed by atoms with van der Waals surface area (Å²) in [5.41, 5.74) is 10.3. The molecular weight excluding hydrogens is 1360 g/mol. The summed E-state index contributed by atoms with van der Waals surface area (Å²) >= 11 is 0. The van der Waals surface area contributed by atoms with E-state index in [1.54, 1.807) is 12.1 Å². The summed E-state index contributed by atoms with van der Waals surface area (Å²) in [4.78, 5) is 16.7. The van der Waals surface area contributed by atoms with E-state index >= 15 is 0 Å². The molecule has 6 radical (unpaired) electrons. The average molecular weight is 1430 g/mol. The number of aryl methyl sites for hydroxylation is 2. The Morgan fingerprint density at radius 1 is 0.506 bits per heavy atom. The van der Waals surface area contributed by atoms with Crippen LogP contribution in [0.4, 0.5) is 0 Å². The van der Waals surface area contributed by atoms with E-state index < -0.39 is 10.1 Å². The fourth-order valence-corrected chi connectivity index (χ4v) is 6.87. The van der Waals surface area contributed by atoms with Gasteiger partial charge in [0.25, 0.3) is 0 Å². The third-order valence-electron chi connectivity index (χ3n) is 9.96. The zero-order valence-electron chi connectivity index (χ0n) is 50.0. The largest absolute Gasteiger partial charge is 0.748 e. The average Bonchev–Trinajstić information content (AvgIpc) is 1.91. The standard InChI is InChI=1S/C17H11NO.C17H10NO.2C12H10N.CH4O3S.2CH4O.2CH4.B2.2Ir/c2*1-2-10-16-12(6-1)13-7-5-8-14(17(13)19-16)15-9-3-4-11-18-15;2*1-10-7-8-12(13-9-10)11-5-3-2-4-6-11;1-5(2,3)4;2*1-2;;;1-2;;/h1-11H;1-7,9-11H;2*2-5,7-9H,1H3;1H3,(H,2,3,4);2*2H,1H3;2*1H4;;;/q;3*-1;;;;;;;;/p-1/i2*3D,4D,9D,11D;;;;;;;;;;. The topological polar surface area (TPSA) is 175 Å². The van der Waals surface area contributed by atoms with Gasteiger partial charge in [-0.1, -0.05) is 117 Å². The Morgan fingerprint density at radius 3 is 1.41 bits per heavy atom. The molecule has 0 aliphatic heterocycles. The van der Waals surface area contributed by atoms with E-state index in [1.165, 1.54) is 11.1 Å². The van der Waals surface area contributed by atoms with Crippen molar-refractivity contribution >= 4 is 69.5 Å². The van der Waals surface area contributed by atoms with Crippen LogP contribution in [0.5, 0.6) is 0 Å². The van der Waals surface area contributed by atoms with Crippen molar-refractivity contribution in [1.82, 2.24) is 19.9 Å². The number of aromatic nitrogens is 4. The third kappa shape index (κ3) is 20.8. The quantitative estimate of drug-likeness (QED) is 0.0974. The maximum absolute atomic E-state index is 9.08. The van der Waals surface area contributed by atoms with Crippen LogP contribution >= 0.6 is 0 Å². The number of benzene rings is 6. The van der Waals surface area contributed by atoms with Crippen molar-refractivity contribution in [3.8, 4) is 45.0 Å². The SMILES string of the molecule is C.C.CO.CO.CS(=O)(=O)[O-].Cc1ccc(-c2[c-]cccc2)nc1.Cc1ccc(-c2[c-]cccc2)nc1.[2H]c1nc(-c2[c-]ccc3c2oc2ccccc23)c([2H])c([2H])c1[2H].[2H]c1nc(-c2cccc3c2oc2ccccc23)c([2H])c([2H])c1[2H].[B][B].[Ir].[Ir]. The zero-order chi connectivity index (χ0) is 61.0. The first kappa shape index (κ1) is 56.5. The van der Waals surface area contributed by atoms with E-state index in [4.69, 9.17) is 43.0 Å². The van der Waals surface area contributed by atoms with Crippen LogP contribution in [0.25, 0.3) is 88.9 Å². The molecule has 16 heteroatoms. The van der Waals surface area contributed by atoms with Gasteiger partial charge < -0.3 is 38.6 Å². The number of nitrogens with zero attached hydrogens (tertiary/aromatic N) is 4. The van der Waals surface area contributed by atoms with Gasteiger partial charge in [0.15, 0.2) is 0 Å². The Labute approximate surface area is 505 Å². The van der Waals surface area contributed by atoms with Crippen molar-refractivity contribution in [3.63, 3.8) is 0 Å². The van der Waals surface area contributed by atoms with Crippen molar-refractivity contribution in [2.45, 2.75) is 28.7 Å². The second kappa shape index (κ2) is 36.8. The Balaban J connectivity index is 0.000000555. The molecule has 0 spiro atoms.